The molecule has 0 aliphatic carbocycles. The van der Waals surface area contributed by atoms with Gasteiger partial charge >= 0.3 is 0 Å². The summed E-state index contributed by atoms with van der Waals surface area (Å²) in [4.78, 5) is 21.0. The predicted octanol–water partition coefficient (Wildman–Crippen LogP) is -0.232. The number of aryl methyl sites for hydroxylation is 1. The van der Waals surface area contributed by atoms with Crippen LogP contribution in [-0.4, -0.2) is 82.1 Å². The molecule has 1 aliphatic rings. The van der Waals surface area contributed by atoms with Crippen molar-refractivity contribution in [3.63, 3.8) is 0 Å². The maximum atomic E-state index is 12.6. The number of nitrogens with zero attached hydrogens (tertiary/aromatic N) is 6. The van der Waals surface area contributed by atoms with Gasteiger partial charge in [0.25, 0.3) is 5.91 Å². The summed E-state index contributed by atoms with van der Waals surface area (Å²) in [7, 11) is 3.48. The van der Waals surface area contributed by atoms with Gasteiger partial charge in [-0.15, -0.1) is 5.10 Å². The average Bonchev–Trinajstić information content (AvgIpc) is 2.93. The van der Waals surface area contributed by atoms with Crippen LogP contribution >= 0.6 is 0 Å². The van der Waals surface area contributed by atoms with Crippen LogP contribution in [0.15, 0.2) is 12.3 Å². The highest BCUT2D eigenvalue weighted by molar-refractivity contribution is 5.96. The number of amides is 1. The number of rotatable bonds is 4. The lowest BCUT2D eigenvalue weighted by atomic mass is 10.2. The lowest BCUT2D eigenvalue weighted by molar-refractivity contribution is 0.0594. The normalized spacial score (nSPS) is 16.4. The van der Waals surface area contributed by atoms with Crippen molar-refractivity contribution in [1.82, 2.24) is 29.8 Å². The van der Waals surface area contributed by atoms with Gasteiger partial charge in [0.15, 0.2) is 5.65 Å². The molecule has 1 aliphatic heterocycles. The SMILES string of the molecule is COCCN1CCN(C(=O)c2cnc3c(c2)nnn3C)CC1. The van der Waals surface area contributed by atoms with Crippen molar-refractivity contribution in [1.29, 1.82) is 0 Å². The van der Waals surface area contributed by atoms with Gasteiger partial charge in [-0.25, -0.2) is 9.67 Å². The van der Waals surface area contributed by atoms with Crippen molar-refractivity contribution in [2.24, 2.45) is 7.05 Å². The van der Waals surface area contributed by atoms with Crippen LogP contribution in [0.3, 0.4) is 0 Å². The zero-order chi connectivity index (χ0) is 15.5. The Morgan fingerprint density at radius 3 is 2.82 bits per heavy atom. The summed E-state index contributed by atoms with van der Waals surface area (Å²) in [6.45, 7) is 4.82. The first-order valence-corrected chi connectivity index (χ1v) is 7.35. The molecular formula is C14H20N6O2. The van der Waals surface area contributed by atoms with Gasteiger partial charge < -0.3 is 9.64 Å². The van der Waals surface area contributed by atoms with E-state index in [0.29, 0.717) is 16.7 Å². The van der Waals surface area contributed by atoms with Crippen LogP contribution in [0.2, 0.25) is 0 Å². The number of carbonyl (C=O) groups excluding carboxylic acids is 1. The van der Waals surface area contributed by atoms with Gasteiger partial charge in [-0.1, -0.05) is 5.21 Å². The summed E-state index contributed by atoms with van der Waals surface area (Å²) < 4.78 is 6.68. The molecule has 1 fully saturated rings. The molecule has 0 radical (unpaired) electrons. The summed E-state index contributed by atoms with van der Waals surface area (Å²) in [5.74, 6) is 0.00597. The number of aromatic nitrogens is 4. The van der Waals surface area contributed by atoms with E-state index in [9.17, 15) is 4.79 Å². The number of methoxy groups -OCH3 is 1. The fourth-order valence-electron chi connectivity index (χ4n) is 2.62. The van der Waals surface area contributed by atoms with Gasteiger partial charge in [0.2, 0.25) is 0 Å². The lowest BCUT2D eigenvalue weighted by Crippen LogP contribution is -2.49. The van der Waals surface area contributed by atoms with Gasteiger partial charge in [0, 0.05) is 53.1 Å². The van der Waals surface area contributed by atoms with Gasteiger partial charge in [0.05, 0.1) is 12.2 Å². The number of hydrogen-bond acceptors (Lipinski definition) is 6. The standard InChI is InChI=1S/C14H20N6O2/c1-18-13-12(16-17-18)9-11(10-15-13)14(21)20-5-3-19(4-6-20)7-8-22-2/h9-10H,3-8H2,1-2H3. The number of fused-ring (bicyclic) bond motifs is 1. The second-order valence-electron chi connectivity index (χ2n) is 5.41. The zero-order valence-electron chi connectivity index (χ0n) is 12.9. The average molecular weight is 304 g/mol. The van der Waals surface area contributed by atoms with Crippen molar-refractivity contribution >= 4 is 17.1 Å². The molecule has 1 saturated heterocycles. The van der Waals surface area contributed by atoms with Crippen molar-refractivity contribution in [2.75, 3.05) is 46.4 Å². The van der Waals surface area contributed by atoms with Crippen LogP contribution in [0.1, 0.15) is 10.4 Å². The summed E-state index contributed by atoms with van der Waals surface area (Å²) in [6.07, 6.45) is 1.60. The molecule has 8 heteroatoms. The molecular weight excluding hydrogens is 284 g/mol. The third kappa shape index (κ3) is 2.93. The molecule has 2 aromatic heterocycles. The molecule has 0 unspecified atom stereocenters. The Hall–Kier alpha value is -2.06. The third-order valence-electron chi connectivity index (χ3n) is 3.96. The molecule has 8 nitrogen and oxygen atoms in total. The Morgan fingerprint density at radius 1 is 1.32 bits per heavy atom. The van der Waals surface area contributed by atoms with Crippen LogP contribution in [0, 0.1) is 0 Å². The van der Waals surface area contributed by atoms with Crippen LogP contribution < -0.4 is 0 Å². The monoisotopic (exact) mass is 304 g/mol. The molecule has 0 bridgehead atoms. The molecule has 0 aromatic carbocycles. The van der Waals surface area contributed by atoms with Crippen molar-refractivity contribution in [3.05, 3.63) is 17.8 Å². The summed E-state index contributed by atoms with van der Waals surface area (Å²) in [6, 6.07) is 1.76. The fourth-order valence-corrected chi connectivity index (χ4v) is 2.62. The molecule has 0 spiro atoms. The number of hydrogen-bond donors (Lipinski definition) is 0. The van der Waals surface area contributed by atoms with Crippen LogP contribution in [0.5, 0.6) is 0 Å². The number of ether oxygens (including phenoxy) is 1. The van der Waals surface area contributed by atoms with Crippen molar-refractivity contribution in [3.8, 4) is 0 Å². The highest BCUT2D eigenvalue weighted by Crippen LogP contribution is 2.13. The third-order valence-corrected chi connectivity index (χ3v) is 3.96. The maximum absolute atomic E-state index is 12.6. The van der Waals surface area contributed by atoms with E-state index in [1.54, 1.807) is 31.1 Å². The lowest BCUT2D eigenvalue weighted by Gasteiger charge is -2.34. The minimum atomic E-state index is 0.00597. The molecule has 0 N–H and O–H groups in total. The topological polar surface area (TPSA) is 76.4 Å². The molecule has 3 rings (SSSR count). The molecule has 0 saturated carbocycles. The predicted molar refractivity (Wildman–Crippen MR) is 80.5 cm³/mol. The Bertz CT molecular complexity index is 662. The highest BCUT2D eigenvalue weighted by Gasteiger charge is 2.22. The molecule has 1 amide bonds. The molecule has 118 valence electrons. The summed E-state index contributed by atoms with van der Waals surface area (Å²) in [5, 5.41) is 7.92. The van der Waals surface area contributed by atoms with E-state index in [0.717, 1.165) is 39.3 Å². The maximum Gasteiger partial charge on any atom is 0.255 e. The van der Waals surface area contributed by atoms with Gasteiger partial charge in [0.1, 0.15) is 5.52 Å². The summed E-state index contributed by atoms with van der Waals surface area (Å²) >= 11 is 0. The number of piperazine rings is 1. The zero-order valence-corrected chi connectivity index (χ0v) is 12.9. The smallest absolute Gasteiger partial charge is 0.255 e. The number of pyridine rings is 1. The first kappa shape index (κ1) is 14.9. The Balaban J connectivity index is 1.66. The summed E-state index contributed by atoms with van der Waals surface area (Å²) in [5.41, 5.74) is 1.89. The van der Waals surface area contributed by atoms with Crippen LogP contribution in [-0.2, 0) is 11.8 Å². The van der Waals surface area contributed by atoms with Gasteiger partial charge in [-0.2, -0.15) is 0 Å². The van der Waals surface area contributed by atoms with Crippen LogP contribution in [0.25, 0.3) is 11.2 Å². The molecule has 22 heavy (non-hydrogen) atoms. The van der Waals surface area contributed by atoms with E-state index in [1.807, 2.05) is 4.90 Å². The van der Waals surface area contributed by atoms with E-state index >= 15 is 0 Å². The van der Waals surface area contributed by atoms with Gasteiger partial charge in [-0.3, -0.25) is 9.69 Å². The number of carbonyl (C=O) groups is 1. The van der Waals surface area contributed by atoms with E-state index in [2.05, 4.69) is 20.2 Å². The molecule has 2 aromatic rings. The van der Waals surface area contributed by atoms with Gasteiger partial charge in [-0.05, 0) is 6.07 Å². The highest BCUT2D eigenvalue weighted by atomic mass is 16.5. The second kappa shape index (κ2) is 6.37. The first-order chi connectivity index (χ1) is 10.7. The second-order valence-corrected chi connectivity index (χ2v) is 5.41. The Kier molecular flexibility index (Phi) is 4.30. The Labute approximate surface area is 128 Å². The molecule has 3 heterocycles. The first-order valence-electron chi connectivity index (χ1n) is 7.35. The van der Waals surface area contributed by atoms with Crippen molar-refractivity contribution < 1.29 is 9.53 Å². The fraction of sp³-hybridized carbons (Fsp3) is 0.571. The Morgan fingerprint density at radius 2 is 2.09 bits per heavy atom. The van der Waals surface area contributed by atoms with E-state index in [-0.39, 0.29) is 5.91 Å². The largest absolute Gasteiger partial charge is 0.383 e. The van der Waals surface area contributed by atoms with E-state index in [4.69, 9.17) is 4.74 Å². The quantitative estimate of drug-likeness (QED) is 0.776. The van der Waals surface area contributed by atoms with E-state index < -0.39 is 0 Å². The minimum absolute atomic E-state index is 0.00597. The molecule has 0 atom stereocenters. The van der Waals surface area contributed by atoms with Crippen molar-refractivity contribution in [2.45, 2.75) is 0 Å². The van der Waals surface area contributed by atoms with E-state index in [1.165, 1.54) is 0 Å². The van der Waals surface area contributed by atoms with Crippen LogP contribution in [0.4, 0.5) is 0 Å². The minimum Gasteiger partial charge on any atom is -0.383 e.